The van der Waals surface area contributed by atoms with E-state index >= 15 is 0 Å². The molecule has 0 aromatic carbocycles. The first-order chi connectivity index (χ1) is 12.3. The maximum absolute atomic E-state index is 11.9. The number of nitrogens with one attached hydrogen (secondary N) is 1. The fourth-order valence-corrected chi connectivity index (χ4v) is 3.30. The van der Waals surface area contributed by atoms with Gasteiger partial charge in [-0.2, -0.15) is 0 Å². The van der Waals surface area contributed by atoms with E-state index in [1.807, 2.05) is 13.8 Å². The predicted octanol–water partition coefficient (Wildman–Crippen LogP) is 3.72. The summed E-state index contributed by atoms with van der Waals surface area (Å²) in [5.74, 6) is 0.545. The molecule has 2 rings (SSSR count). The molecule has 0 bridgehead atoms. The Morgan fingerprint density at radius 1 is 1.31 bits per heavy atom. The van der Waals surface area contributed by atoms with E-state index in [0.29, 0.717) is 16.3 Å². The van der Waals surface area contributed by atoms with Crippen LogP contribution in [0, 0.1) is 20.8 Å². The summed E-state index contributed by atoms with van der Waals surface area (Å²) >= 11 is 13.3. The molecule has 0 atom stereocenters. The number of carbonyl (C=O) groups is 2. The van der Waals surface area contributed by atoms with Gasteiger partial charge in [-0.15, -0.1) is 11.8 Å². The van der Waals surface area contributed by atoms with E-state index in [1.165, 1.54) is 18.0 Å². The van der Waals surface area contributed by atoms with Crippen molar-refractivity contribution in [3.63, 3.8) is 0 Å². The first-order valence-corrected chi connectivity index (χ1v) is 9.46. The molecule has 0 saturated carbocycles. The van der Waals surface area contributed by atoms with Crippen molar-refractivity contribution in [2.45, 2.75) is 26.5 Å². The molecule has 0 spiro atoms. The SMILES string of the molecule is Cc1noc(C)c1CSCC(=O)OCC(=O)Nc1ncc(Cl)c(C)c1Cl. The van der Waals surface area contributed by atoms with E-state index in [4.69, 9.17) is 32.5 Å². The number of rotatable bonds is 7. The monoisotopic (exact) mass is 417 g/mol. The van der Waals surface area contributed by atoms with Gasteiger partial charge in [0.1, 0.15) is 5.76 Å². The number of hydrogen-bond acceptors (Lipinski definition) is 7. The highest BCUT2D eigenvalue weighted by Crippen LogP contribution is 2.28. The molecule has 0 saturated heterocycles. The van der Waals surface area contributed by atoms with E-state index in [2.05, 4.69) is 15.5 Å². The lowest BCUT2D eigenvalue weighted by molar-refractivity contribution is -0.144. The molecule has 0 aliphatic rings. The lowest BCUT2D eigenvalue weighted by atomic mass is 10.2. The van der Waals surface area contributed by atoms with Gasteiger partial charge in [-0.3, -0.25) is 9.59 Å². The number of anilines is 1. The van der Waals surface area contributed by atoms with E-state index in [9.17, 15) is 9.59 Å². The number of pyridine rings is 1. The summed E-state index contributed by atoms with van der Waals surface area (Å²) in [6, 6.07) is 0. The number of amides is 1. The van der Waals surface area contributed by atoms with Gasteiger partial charge in [0, 0.05) is 17.5 Å². The third-order valence-corrected chi connectivity index (χ3v) is 5.25. The molecule has 1 N–H and O–H groups in total. The van der Waals surface area contributed by atoms with Crippen LogP contribution in [0.4, 0.5) is 5.82 Å². The molecule has 2 heterocycles. The van der Waals surface area contributed by atoms with Crippen LogP contribution in [0.3, 0.4) is 0 Å². The summed E-state index contributed by atoms with van der Waals surface area (Å²) in [7, 11) is 0. The zero-order valence-electron chi connectivity index (χ0n) is 14.4. The van der Waals surface area contributed by atoms with Crippen LogP contribution in [0.5, 0.6) is 0 Å². The Balaban J connectivity index is 1.75. The summed E-state index contributed by atoms with van der Waals surface area (Å²) in [4.78, 5) is 27.6. The molecule has 0 fully saturated rings. The van der Waals surface area contributed by atoms with Crippen LogP contribution in [-0.4, -0.2) is 34.4 Å². The topological polar surface area (TPSA) is 94.3 Å². The minimum absolute atomic E-state index is 0.108. The summed E-state index contributed by atoms with van der Waals surface area (Å²) in [5.41, 5.74) is 2.36. The number of esters is 1. The second kappa shape index (κ2) is 9.25. The van der Waals surface area contributed by atoms with Crippen LogP contribution < -0.4 is 5.32 Å². The van der Waals surface area contributed by atoms with E-state index in [1.54, 1.807) is 6.92 Å². The minimum atomic E-state index is -0.537. The van der Waals surface area contributed by atoms with Gasteiger partial charge in [0.05, 0.1) is 21.5 Å². The molecule has 2 aromatic rings. The molecule has 140 valence electrons. The minimum Gasteiger partial charge on any atom is -0.455 e. The molecule has 2 aromatic heterocycles. The fourth-order valence-electron chi connectivity index (χ4n) is 1.94. The van der Waals surface area contributed by atoms with Crippen molar-refractivity contribution in [1.29, 1.82) is 0 Å². The van der Waals surface area contributed by atoms with Crippen LogP contribution in [0.25, 0.3) is 0 Å². The van der Waals surface area contributed by atoms with Crippen molar-refractivity contribution >= 4 is 52.7 Å². The Morgan fingerprint density at radius 2 is 2.04 bits per heavy atom. The summed E-state index contributed by atoms with van der Waals surface area (Å²) in [6.45, 7) is 4.94. The van der Waals surface area contributed by atoms with Gasteiger partial charge in [0.25, 0.3) is 5.91 Å². The molecule has 7 nitrogen and oxygen atoms in total. The van der Waals surface area contributed by atoms with E-state index in [0.717, 1.165) is 17.0 Å². The van der Waals surface area contributed by atoms with Gasteiger partial charge in [-0.05, 0) is 26.3 Å². The Hall–Kier alpha value is -1.77. The Bertz CT molecular complexity index is 807. The molecule has 1 amide bonds. The van der Waals surface area contributed by atoms with Crippen molar-refractivity contribution in [3.8, 4) is 0 Å². The molecule has 0 aliphatic heterocycles. The highest BCUT2D eigenvalue weighted by Gasteiger charge is 2.14. The summed E-state index contributed by atoms with van der Waals surface area (Å²) < 4.78 is 10.00. The van der Waals surface area contributed by atoms with Crippen molar-refractivity contribution < 1.29 is 18.8 Å². The fraction of sp³-hybridized carbons (Fsp3) is 0.375. The van der Waals surface area contributed by atoms with Crippen LogP contribution in [0.2, 0.25) is 10.0 Å². The van der Waals surface area contributed by atoms with Gasteiger partial charge >= 0.3 is 5.97 Å². The van der Waals surface area contributed by atoms with Crippen LogP contribution >= 0.6 is 35.0 Å². The molecule has 0 aliphatic carbocycles. The molecule has 26 heavy (non-hydrogen) atoms. The number of aromatic nitrogens is 2. The van der Waals surface area contributed by atoms with Crippen molar-refractivity contribution in [3.05, 3.63) is 38.8 Å². The largest absolute Gasteiger partial charge is 0.455 e. The predicted molar refractivity (Wildman–Crippen MR) is 101 cm³/mol. The zero-order chi connectivity index (χ0) is 19.3. The molecular formula is C16H17Cl2N3O4S. The summed E-state index contributed by atoms with van der Waals surface area (Å²) in [6.07, 6.45) is 1.38. The number of hydrogen-bond donors (Lipinski definition) is 1. The number of aryl methyl sites for hydroxylation is 2. The maximum atomic E-state index is 11.9. The molecule has 10 heteroatoms. The van der Waals surface area contributed by atoms with Crippen molar-refractivity contribution in [2.24, 2.45) is 0 Å². The Kier molecular flexibility index (Phi) is 7.31. The third kappa shape index (κ3) is 5.36. The van der Waals surface area contributed by atoms with E-state index < -0.39 is 18.5 Å². The normalized spacial score (nSPS) is 10.7. The van der Waals surface area contributed by atoms with Crippen LogP contribution in [0.15, 0.2) is 10.7 Å². The lowest BCUT2D eigenvalue weighted by Crippen LogP contribution is -2.22. The molecule has 0 radical (unpaired) electrons. The van der Waals surface area contributed by atoms with Crippen LogP contribution in [0.1, 0.15) is 22.6 Å². The number of thioether (sulfide) groups is 1. The second-order valence-corrected chi connectivity index (χ2v) is 7.17. The van der Waals surface area contributed by atoms with Gasteiger partial charge in [-0.25, -0.2) is 4.98 Å². The number of ether oxygens (including phenoxy) is 1. The van der Waals surface area contributed by atoms with E-state index in [-0.39, 0.29) is 16.6 Å². The molecule has 0 unspecified atom stereocenters. The highest BCUT2D eigenvalue weighted by atomic mass is 35.5. The Morgan fingerprint density at radius 3 is 2.69 bits per heavy atom. The standard InChI is InChI=1S/C16H17Cl2N3O4S/c1-8-12(17)4-19-16(15(8)18)20-13(22)5-24-14(23)7-26-6-11-9(2)21-25-10(11)3/h4H,5-7H2,1-3H3,(H,19,20,22). The lowest BCUT2D eigenvalue weighted by Gasteiger charge is -2.09. The molecular weight excluding hydrogens is 401 g/mol. The third-order valence-electron chi connectivity index (χ3n) is 3.47. The average molecular weight is 418 g/mol. The highest BCUT2D eigenvalue weighted by molar-refractivity contribution is 7.99. The van der Waals surface area contributed by atoms with Gasteiger partial charge in [0.2, 0.25) is 0 Å². The maximum Gasteiger partial charge on any atom is 0.316 e. The number of nitrogens with zero attached hydrogens (tertiary/aromatic N) is 2. The summed E-state index contributed by atoms with van der Waals surface area (Å²) in [5, 5.41) is 6.97. The number of halogens is 2. The Labute approximate surface area is 164 Å². The van der Waals surface area contributed by atoms with Crippen molar-refractivity contribution in [1.82, 2.24) is 10.1 Å². The first-order valence-electron chi connectivity index (χ1n) is 7.55. The van der Waals surface area contributed by atoms with Gasteiger partial charge in [-0.1, -0.05) is 28.4 Å². The van der Waals surface area contributed by atoms with Gasteiger partial charge < -0.3 is 14.6 Å². The zero-order valence-corrected chi connectivity index (χ0v) is 16.7. The number of carbonyl (C=O) groups excluding carboxylic acids is 2. The average Bonchev–Trinajstić information content (AvgIpc) is 2.92. The van der Waals surface area contributed by atoms with Crippen LogP contribution in [-0.2, 0) is 20.1 Å². The van der Waals surface area contributed by atoms with Crippen molar-refractivity contribution in [2.75, 3.05) is 17.7 Å². The quantitative estimate of drug-likeness (QED) is 0.685. The van der Waals surface area contributed by atoms with Gasteiger partial charge in [0.15, 0.2) is 12.4 Å². The second-order valence-electron chi connectivity index (χ2n) is 5.40. The first kappa shape index (κ1) is 20.5. The smallest absolute Gasteiger partial charge is 0.316 e.